The van der Waals surface area contributed by atoms with E-state index in [-0.39, 0.29) is 12.6 Å². The van der Waals surface area contributed by atoms with Crippen LogP contribution in [0.15, 0.2) is 0 Å². The molecule has 0 aromatic carbocycles. The smallest absolute Gasteiger partial charge is 0.410 e. The lowest BCUT2D eigenvalue weighted by Gasteiger charge is -2.24. The van der Waals surface area contributed by atoms with Gasteiger partial charge in [0.05, 0.1) is 6.54 Å². The Hall–Kier alpha value is -1.30. The Bertz CT molecular complexity index is 312. The van der Waals surface area contributed by atoms with Crippen LogP contribution in [0.2, 0.25) is 0 Å². The van der Waals surface area contributed by atoms with Crippen molar-refractivity contribution in [3.8, 4) is 0 Å². The van der Waals surface area contributed by atoms with E-state index in [2.05, 4.69) is 5.32 Å². The second kappa shape index (κ2) is 6.04. The molecule has 0 bridgehead atoms. The topological polar surface area (TPSA) is 78.9 Å². The molecule has 0 aromatic heterocycles. The third-order valence-corrected chi connectivity index (χ3v) is 2.65. The predicted molar refractivity (Wildman–Crippen MR) is 66.4 cm³/mol. The van der Waals surface area contributed by atoms with Gasteiger partial charge in [-0.2, -0.15) is 0 Å². The third-order valence-electron chi connectivity index (χ3n) is 2.65. The second-order valence-electron chi connectivity index (χ2n) is 5.61. The molecule has 6 nitrogen and oxygen atoms in total. The zero-order valence-electron chi connectivity index (χ0n) is 11.2. The fourth-order valence-corrected chi connectivity index (χ4v) is 1.87. The van der Waals surface area contributed by atoms with Crippen LogP contribution in [0.1, 0.15) is 27.2 Å². The average molecular weight is 258 g/mol. The van der Waals surface area contributed by atoms with Crippen LogP contribution in [0, 0.1) is 5.92 Å². The zero-order valence-corrected chi connectivity index (χ0v) is 11.2. The molecule has 1 saturated heterocycles. The molecule has 1 unspecified atom stereocenters. The van der Waals surface area contributed by atoms with Crippen molar-refractivity contribution in [1.29, 1.82) is 0 Å². The van der Waals surface area contributed by atoms with Gasteiger partial charge in [-0.15, -0.1) is 0 Å². The maximum absolute atomic E-state index is 11.8. The molecule has 1 fully saturated rings. The number of carboxylic acids is 1. The molecule has 0 saturated carbocycles. The van der Waals surface area contributed by atoms with Crippen molar-refractivity contribution in [1.82, 2.24) is 10.2 Å². The number of hydrogen-bond donors (Lipinski definition) is 2. The highest BCUT2D eigenvalue weighted by Crippen LogP contribution is 2.18. The molecule has 1 aliphatic rings. The first-order chi connectivity index (χ1) is 8.28. The summed E-state index contributed by atoms with van der Waals surface area (Å²) < 4.78 is 5.29. The quantitative estimate of drug-likeness (QED) is 0.784. The summed E-state index contributed by atoms with van der Waals surface area (Å²) in [5.41, 5.74) is -0.475. The summed E-state index contributed by atoms with van der Waals surface area (Å²) in [6, 6.07) is 0. The number of aliphatic carboxylic acids is 1. The first-order valence-electron chi connectivity index (χ1n) is 6.18. The van der Waals surface area contributed by atoms with Crippen molar-refractivity contribution in [2.45, 2.75) is 32.8 Å². The van der Waals surface area contributed by atoms with E-state index in [1.165, 1.54) is 0 Å². The number of carboxylic acid groups (broad SMARTS) is 1. The first-order valence-corrected chi connectivity index (χ1v) is 6.18. The number of hydrogen-bond acceptors (Lipinski definition) is 4. The lowest BCUT2D eigenvalue weighted by atomic mass is 10.1. The van der Waals surface area contributed by atoms with Gasteiger partial charge in [0.25, 0.3) is 0 Å². The van der Waals surface area contributed by atoms with Crippen molar-refractivity contribution < 1.29 is 19.4 Å². The van der Waals surface area contributed by atoms with Crippen LogP contribution in [0.4, 0.5) is 4.79 Å². The summed E-state index contributed by atoms with van der Waals surface area (Å²) in [4.78, 5) is 23.8. The normalized spacial score (nSPS) is 19.9. The summed E-state index contributed by atoms with van der Waals surface area (Å²) >= 11 is 0. The van der Waals surface area contributed by atoms with E-state index in [4.69, 9.17) is 9.84 Å². The minimum atomic E-state index is -0.864. The summed E-state index contributed by atoms with van der Waals surface area (Å²) in [5, 5.41) is 11.4. The fourth-order valence-electron chi connectivity index (χ4n) is 1.87. The van der Waals surface area contributed by atoms with Gasteiger partial charge in [0.2, 0.25) is 0 Å². The Morgan fingerprint density at radius 2 is 2.11 bits per heavy atom. The first kappa shape index (κ1) is 14.8. The number of rotatable bonds is 4. The molecule has 18 heavy (non-hydrogen) atoms. The molecule has 1 aliphatic heterocycles. The largest absolute Gasteiger partial charge is 0.480 e. The SMILES string of the molecule is CC(C)(C)OC(=O)N1CCC(CNCC(=O)O)C1. The van der Waals surface area contributed by atoms with Crippen LogP contribution < -0.4 is 5.32 Å². The maximum atomic E-state index is 11.8. The predicted octanol–water partition coefficient (Wildman–Crippen LogP) is 0.918. The van der Waals surface area contributed by atoms with Crippen LogP contribution in [0.5, 0.6) is 0 Å². The summed E-state index contributed by atoms with van der Waals surface area (Å²) in [6.45, 7) is 7.40. The Labute approximate surface area is 107 Å². The summed E-state index contributed by atoms with van der Waals surface area (Å²) in [5.74, 6) is -0.561. The summed E-state index contributed by atoms with van der Waals surface area (Å²) in [6.07, 6.45) is 0.592. The van der Waals surface area contributed by atoms with E-state index in [1.807, 2.05) is 20.8 Å². The molecule has 2 N–H and O–H groups in total. The molecule has 0 spiro atoms. The van der Waals surface area contributed by atoms with E-state index in [0.29, 0.717) is 25.6 Å². The molecule has 104 valence electrons. The standard InChI is InChI=1S/C12H22N2O4/c1-12(2,3)18-11(17)14-5-4-9(8-14)6-13-7-10(15)16/h9,13H,4-8H2,1-3H3,(H,15,16). The van der Waals surface area contributed by atoms with Gasteiger partial charge in [0.15, 0.2) is 0 Å². The van der Waals surface area contributed by atoms with E-state index >= 15 is 0 Å². The third kappa shape index (κ3) is 5.35. The maximum Gasteiger partial charge on any atom is 0.410 e. The second-order valence-corrected chi connectivity index (χ2v) is 5.61. The van der Waals surface area contributed by atoms with Crippen LogP contribution >= 0.6 is 0 Å². The number of ether oxygens (including phenoxy) is 1. The number of carbonyl (C=O) groups is 2. The van der Waals surface area contributed by atoms with Gasteiger partial charge in [-0.25, -0.2) is 4.79 Å². The van der Waals surface area contributed by atoms with Crippen molar-refractivity contribution in [2.24, 2.45) is 5.92 Å². The van der Waals surface area contributed by atoms with Gasteiger partial charge in [0, 0.05) is 19.6 Å². The summed E-state index contributed by atoms with van der Waals surface area (Å²) in [7, 11) is 0. The van der Waals surface area contributed by atoms with Gasteiger partial charge >= 0.3 is 12.1 Å². The Kier molecular flexibility index (Phi) is 4.95. The molecule has 0 aliphatic carbocycles. The molecule has 1 rings (SSSR count). The molecular weight excluding hydrogens is 236 g/mol. The molecule has 1 atom stereocenters. The van der Waals surface area contributed by atoms with Crippen molar-refractivity contribution in [2.75, 3.05) is 26.2 Å². The fraction of sp³-hybridized carbons (Fsp3) is 0.833. The molecule has 1 heterocycles. The van der Waals surface area contributed by atoms with Gasteiger partial charge < -0.3 is 20.1 Å². The Morgan fingerprint density at radius 1 is 1.44 bits per heavy atom. The van der Waals surface area contributed by atoms with Crippen molar-refractivity contribution >= 4 is 12.1 Å². The van der Waals surface area contributed by atoms with E-state index < -0.39 is 11.6 Å². The molecule has 0 aromatic rings. The van der Waals surface area contributed by atoms with Crippen LogP contribution in [0.25, 0.3) is 0 Å². The van der Waals surface area contributed by atoms with Gasteiger partial charge in [-0.1, -0.05) is 0 Å². The molecule has 0 radical (unpaired) electrons. The Morgan fingerprint density at radius 3 is 2.67 bits per heavy atom. The minimum absolute atomic E-state index is 0.0388. The van der Waals surface area contributed by atoms with Crippen molar-refractivity contribution in [3.05, 3.63) is 0 Å². The Balaban J connectivity index is 2.28. The number of amides is 1. The van der Waals surface area contributed by atoms with E-state index in [1.54, 1.807) is 4.90 Å². The number of nitrogens with zero attached hydrogens (tertiary/aromatic N) is 1. The zero-order chi connectivity index (χ0) is 13.8. The van der Waals surface area contributed by atoms with Crippen LogP contribution in [-0.4, -0.2) is 53.8 Å². The highest BCUT2D eigenvalue weighted by Gasteiger charge is 2.29. The van der Waals surface area contributed by atoms with Gasteiger partial charge in [-0.3, -0.25) is 4.79 Å². The highest BCUT2D eigenvalue weighted by molar-refractivity contribution is 5.69. The van der Waals surface area contributed by atoms with E-state index in [0.717, 1.165) is 6.42 Å². The minimum Gasteiger partial charge on any atom is -0.480 e. The molecular formula is C12H22N2O4. The van der Waals surface area contributed by atoms with Crippen molar-refractivity contribution in [3.63, 3.8) is 0 Å². The number of nitrogens with one attached hydrogen (secondary N) is 1. The lowest BCUT2D eigenvalue weighted by Crippen LogP contribution is -2.36. The number of carbonyl (C=O) groups excluding carboxylic acids is 1. The lowest BCUT2D eigenvalue weighted by molar-refractivity contribution is -0.136. The van der Waals surface area contributed by atoms with Crippen LogP contribution in [-0.2, 0) is 9.53 Å². The van der Waals surface area contributed by atoms with Gasteiger partial charge in [-0.05, 0) is 33.1 Å². The van der Waals surface area contributed by atoms with Gasteiger partial charge in [0.1, 0.15) is 5.60 Å². The molecule has 1 amide bonds. The monoisotopic (exact) mass is 258 g/mol. The molecule has 6 heteroatoms. The van der Waals surface area contributed by atoms with E-state index in [9.17, 15) is 9.59 Å². The van der Waals surface area contributed by atoms with Crippen LogP contribution in [0.3, 0.4) is 0 Å². The number of likely N-dealkylation sites (tertiary alicyclic amines) is 1. The highest BCUT2D eigenvalue weighted by atomic mass is 16.6. The average Bonchev–Trinajstić information content (AvgIpc) is 2.63.